The minimum atomic E-state index is 0.933. The van der Waals surface area contributed by atoms with E-state index in [1.807, 2.05) is 6.07 Å². The lowest BCUT2D eigenvalue weighted by atomic mass is 10.1. The van der Waals surface area contributed by atoms with Gasteiger partial charge in [0.1, 0.15) is 5.75 Å². The number of ether oxygens (including phenoxy) is 1. The molecule has 0 aliphatic heterocycles. The molecule has 0 saturated carbocycles. The molecule has 3 heteroatoms. The van der Waals surface area contributed by atoms with E-state index in [1.54, 1.807) is 7.11 Å². The Balaban J connectivity index is 2.15. The van der Waals surface area contributed by atoms with Gasteiger partial charge in [-0.15, -0.1) is 0 Å². The SMILES string of the molecule is CCC[N+](C)(CCC)CCc1c[nH]c2ccc(OC)cc12. The van der Waals surface area contributed by atoms with E-state index in [0.717, 1.165) is 12.2 Å². The molecule has 0 saturated heterocycles. The van der Waals surface area contributed by atoms with Gasteiger partial charge in [-0.1, -0.05) is 13.8 Å². The Morgan fingerprint density at radius 1 is 1.10 bits per heavy atom. The molecule has 0 amide bonds. The van der Waals surface area contributed by atoms with Gasteiger partial charge < -0.3 is 14.2 Å². The van der Waals surface area contributed by atoms with Crippen molar-refractivity contribution < 1.29 is 9.22 Å². The van der Waals surface area contributed by atoms with Gasteiger partial charge in [-0.2, -0.15) is 0 Å². The largest absolute Gasteiger partial charge is 0.497 e. The minimum absolute atomic E-state index is 0.933. The first-order valence-electron chi connectivity index (χ1n) is 8.09. The number of H-pyrrole nitrogens is 1. The first kappa shape index (κ1) is 15.9. The molecular formula is C18H29N2O+. The van der Waals surface area contributed by atoms with Gasteiger partial charge >= 0.3 is 0 Å². The van der Waals surface area contributed by atoms with Crippen LogP contribution in [0.3, 0.4) is 0 Å². The predicted octanol–water partition coefficient (Wildman–Crippen LogP) is 3.99. The Kier molecular flexibility index (Phi) is 5.29. The minimum Gasteiger partial charge on any atom is -0.497 e. The first-order chi connectivity index (χ1) is 10.1. The van der Waals surface area contributed by atoms with Crippen LogP contribution in [-0.2, 0) is 6.42 Å². The summed E-state index contributed by atoms with van der Waals surface area (Å²) in [6.45, 7) is 8.29. The molecule has 2 aromatic rings. The predicted molar refractivity (Wildman–Crippen MR) is 89.9 cm³/mol. The summed E-state index contributed by atoms with van der Waals surface area (Å²) in [6.07, 6.45) is 5.77. The Morgan fingerprint density at radius 3 is 2.43 bits per heavy atom. The van der Waals surface area contributed by atoms with Gasteiger partial charge in [0, 0.05) is 23.5 Å². The Morgan fingerprint density at radius 2 is 1.81 bits per heavy atom. The van der Waals surface area contributed by atoms with Gasteiger partial charge in [-0.25, -0.2) is 0 Å². The van der Waals surface area contributed by atoms with Crippen molar-refractivity contribution in [2.75, 3.05) is 33.8 Å². The second-order valence-electron chi connectivity index (χ2n) is 6.27. The quantitative estimate of drug-likeness (QED) is 0.730. The molecule has 0 aliphatic rings. The Hall–Kier alpha value is -1.48. The van der Waals surface area contributed by atoms with Crippen LogP contribution in [0, 0.1) is 0 Å². The van der Waals surface area contributed by atoms with Crippen molar-refractivity contribution in [3.05, 3.63) is 30.0 Å². The third-order valence-corrected chi connectivity index (χ3v) is 4.42. The van der Waals surface area contributed by atoms with E-state index < -0.39 is 0 Å². The van der Waals surface area contributed by atoms with Crippen molar-refractivity contribution in [2.24, 2.45) is 0 Å². The fraction of sp³-hybridized carbons (Fsp3) is 0.556. The molecule has 0 spiro atoms. The van der Waals surface area contributed by atoms with Crippen LogP contribution in [0.1, 0.15) is 32.3 Å². The number of hydrogen-bond donors (Lipinski definition) is 1. The molecule has 1 aromatic heterocycles. The van der Waals surface area contributed by atoms with Crippen molar-refractivity contribution >= 4 is 10.9 Å². The number of rotatable bonds is 8. The summed E-state index contributed by atoms with van der Waals surface area (Å²) >= 11 is 0. The number of methoxy groups -OCH3 is 1. The molecule has 3 nitrogen and oxygen atoms in total. The number of nitrogens with zero attached hydrogens (tertiary/aromatic N) is 1. The monoisotopic (exact) mass is 289 g/mol. The molecule has 0 aliphatic carbocycles. The zero-order valence-electron chi connectivity index (χ0n) is 13.9. The smallest absolute Gasteiger partial charge is 0.119 e. The zero-order valence-corrected chi connectivity index (χ0v) is 13.9. The summed E-state index contributed by atoms with van der Waals surface area (Å²) in [5, 5.41) is 1.30. The van der Waals surface area contributed by atoms with Gasteiger partial charge in [0.15, 0.2) is 0 Å². The Bertz CT molecular complexity index is 568. The highest BCUT2D eigenvalue weighted by molar-refractivity contribution is 5.84. The van der Waals surface area contributed by atoms with Gasteiger partial charge in [-0.05, 0) is 36.6 Å². The molecule has 0 atom stereocenters. The van der Waals surface area contributed by atoms with Crippen LogP contribution < -0.4 is 4.74 Å². The molecule has 1 aromatic carbocycles. The van der Waals surface area contributed by atoms with E-state index in [2.05, 4.69) is 44.2 Å². The molecule has 2 rings (SSSR count). The van der Waals surface area contributed by atoms with E-state index in [9.17, 15) is 0 Å². The van der Waals surface area contributed by atoms with E-state index in [4.69, 9.17) is 4.74 Å². The second-order valence-corrected chi connectivity index (χ2v) is 6.27. The number of aromatic amines is 1. The zero-order chi connectivity index (χ0) is 15.3. The highest BCUT2D eigenvalue weighted by atomic mass is 16.5. The first-order valence-corrected chi connectivity index (χ1v) is 8.09. The van der Waals surface area contributed by atoms with Crippen molar-refractivity contribution in [2.45, 2.75) is 33.1 Å². The normalized spacial score (nSPS) is 12.0. The molecule has 0 radical (unpaired) electrons. The topological polar surface area (TPSA) is 25.0 Å². The Labute approximate surface area is 128 Å². The number of fused-ring (bicyclic) bond motifs is 1. The standard InChI is InChI=1S/C18H29N2O/c1-5-10-20(3,11-6-2)12-9-15-14-19-18-8-7-16(21-4)13-17(15)18/h7-8,13-14,19H,5-6,9-12H2,1-4H3/q+1. The van der Waals surface area contributed by atoms with Gasteiger partial charge in [0.25, 0.3) is 0 Å². The van der Waals surface area contributed by atoms with E-state index in [0.29, 0.717) is 0 Å². The molecule has 0 unspecified atom stereocenters. The summed E-state index contributed by atoms with van der Waals surface area (Å²) in [4.78, 5) is 3.38. The van der Waals surface area contributed by atoms with Crippen molar-refractivity contribution in [1.82, 2.24) is 4.98 Å². The van der Waals surface area contributed by atoms with Crippen LogP contribution in [0.15, 0.2) is 24.4 Å². The number of hydrogen-bond acceptors (Lipinski definition) is 1. The molecule has 0 bridgehead atoms. The van der Waals surface area contributed by atoms with Crippen LogP contribution in [0.25, 0.3) is 10.9 Å². The van der Waals surface area contributed by atoms with Gasteiger partial charge in [0.05, 0.1) is 33.8 Å². The third-order valence-electron chi connectivity index (χ3n) is 4.42. The lowest BCUT2D eigenvalue weighted by Gasteiger charge is -2.34. The van der Waals surface area contributed by atoms with Crippen LogP contribution in [0.4, 0.5) is 0 Å². The highest BCUT2D eigenvalue weighted by Crippen LogP contribution is 2.24. The maximum atomic E-state index is 5.35. The number of aromatic nitrogens is 1. The van der Waals surface area contributed by atoms with E-state index in [-0.39, 0.29) is 0 Å². The highest BCUT2D eigenvalue weighted by Gasteiger charge is 2.19. The van der Waals surface area contributed by atoms with E-state index >= 15 is 0 Å². The number of benzene rings is 1. The van der Waals surface area contributed by atoms with Crippen LogP contribution in [-0.4, -0.2) is 43.3 Å². The molecule has 116 valence electrons. The van der Waals surface area contributed by atoms with Gasteiger partial charge in [0.2, 0.25) is 0 Å². The fourth-order valence-electron chi connectivity index (χ4n) is 3.30. The summed E-state index contributed by atoms with van der Waals surface area (Å²) in [5.74, 6) is 0.933. The van der Waals surface area contributed by atoms with Crippen LogP contribution in [0.5, 0.6) is 5.75 Å². The number of quaternary nitrogens is 1. The third kappa shape index (κ3) is 3.79. The summed E-state index contributed by atoms with van der Waals surface area (Å²) in [5.41, 5.74) is 2.60. The molecule has 21 heavy (non-hydrogen) atoms. The molecule has 1 heterocycles. The van der Waals surface area contributed by atoms with Crippen molar-refractivity contribution in [3.63, 3.8) is 0 Å². The maximum absolute atomic E-state index is 5.35. The van der Waals surface area contributed by atoms with Gasteiger partial charge in [-0.3, -0.25) is 0 Å². The molecular weight excluding hydrogens is 260 g/mol. The van der Waals surface area contributed by atoms with Crippen LogP contribution in [0.2, 0.25) is 0 Å². The van der Waals surface area contributed by atoms with E-state index in [1.165, 1.54) is 53.4 Å². The fourth-order valence-corrected chi connectivity index (χ4v) is 3.30. The maximum Gasteiger partial charge on any atom is 0.119 e. The number of likely N-dealkylation sites (N-methyl/N-ethyl adjacent to an activating group) is 1. The summed E-state index contributed by atoms with van der Waals surface area (Å²) in [6, 6.07) is 6.26. The molecule has 0 fully saturated rings. The lowest BCUT2D eigenvalue weighted by Crippen LogP contribution is -2.46. The average molecular weight is 289 g/mol. The van der Waals surface area contributed by atoms with Crippen molar-refractivity contribution in [1.29, 1.82) is 0 Å². The summed E-state index contributed by atoms with van der Waals surface area (Å²) in [7, 11) is 4.12. The lowest BCUT2D eigenvalue weighted by molar-refractivity contribution is -0.909. The summed E-state index contributed by atoms with van der Waals surface area (Å²) < 4.78 is 6.52. The van der Waals surface area contributed by atoms with Crippen molar-refractivity contribution in [3.8, 4) is 5.75 Å². The number of nitrogens with one attached hydrogen (secondary N) is 1. The average Bonchev–Trinajstić information content (AvgIpc) is 2.88. The molecule has 1 N–H and O–H groups in total. The second kappa shape index (κ2) is 6.99. The van der Waals surface area contributed by atoms with Crippen LogP contribution >= 0.6 is 0 Å².